The maximum absolute atomic E-state index is 13.6. The molecule has 11 nitrogen and oxygen atoms in total. The zero-order valence-electron chi connectivity index (χ0n) is 34.0. The smallest absolute Gasteiger partial charge is 0.331 e. The Balaban J connectivity index is 0.00000347. The zero-order chi connectivity index (χ0) is 43.6. The van der Waals surface area contributed by atoms with E-state index in [4.69, 9.17) is 33.2 Å². The average Bonchev–Trinajstić information content (AvgIpc) is 3.37. The molecule has 0 saturated carbocycles. The van der Waals surface area contributed by atoms with E-state index in [1.165, 1.54) is 0 Å². The van der Waals surface area contributed by atoms with Crippen molar-refractivity contribution in [2.75, 3.05) is 39.6 Å². The molecule has 0 N–H and O–H groups in total. The third kappa shape index (κ3) is 12.1. The van der Waals surface area contributed by atoms with Crippen LogP contribution in [0.1, 0.15) is 31.4 Å². The van der Waals surface area contributed by atoms with Crippen LogP contribution in [0.25, 0.3) is 32.7 Å². The molecule has 61 heavy (non-hydrogen) atoms. The van der Waals surface area contributed by atoms with Gasteiger partial charge in [-0.3, -0.25) is 4.79 Å². The maximum Gasteiger partial charge on any atom is 0.331 e. The predicted molar refractivity (Wildman–Crippen MR) is 232 cm³/mol. The molecule has 11 heteroatoms. The molecule has 0 bridgehead atoms. The third-order valence-corrected chi connectivity index (χ3v) is 8.81. The Kier molecular flexibility index (Phi) is 16.3. The highest BCUT2D eigenvalue weighted by Gasteiger charge is 2.28. The fraction of sp³-hybridized carbons (Fsp3) is 0.200. The largest absolute Gasteiger partial charge is 0.493 e. The second-order valence-electron chi connectivity index (χ2n) is 12.8. The number of rotatable bonds is 12. The SMILES string of the molecule is C=CC(=O)OCC#Cc1ccc2c3c(ccc2c1)OCC(C(=O)Oc1ccc(OCCCOC(=O)C=C)cc1)COc1ccc2cc(C#CCOC(=O)C=C)ccc2c1-3.CC. The van der Waals surface area contributed by atoms with Crippen molar-refractivity contribution in [3.8, 4) is 57.8 Å². The van der Waals surface area contributed by atoms with Crippen molar-refractivity contribution in [1.29, 1.82) is 0 Å². The summed E-state index contributed by atoms with van der Waals surface area (Å²) >= 11 is 0. The molecule has 0 amide bonds. The molecule has 1 aliphatic rings. The Labute approximate surface area is 354 Å². The van der Waals surface area contributed by atoms with E-state index in [1.54, 1.807) is 24.3 Å². The van der Waals surface area contributed by atoms with Gasteiger partial charge in [-0.25, -0.2) is 14.4 Å². The molecule has 310 valence electrons. The van der Waals surface area contributed by atoms with Crippen molar-refractivity contribution in [3.05, 3.63) is 134 Å². The molecular formula is C50H44O11. The standard InChI is InChI=1S/C48H38O11.C2H6/c1-4-43(49)54-24-7-10-32-12-20-39-34(28-32)14-22-41-46(39)47-40-21-13-33(11-8-25-55-44(50)5-2)29-35(40)15-23-42(47)58-31-36(30-57-41)48(52)59-38-18-16-37(17-19-38)53-26-9-27-56-45(51)6-3;1-2/h4-6,12-23,28-29,36H,1-3,9,24-27,30-31H2;1-2H3. The fourth-order valence-electron chi connectivity index (χ4n) is 5.99. The van der Waals surface area contributed by atoms with Gasteiger partial charge in [-0.15, -0.1) is 0 Å². The summed E-state index contributed by atoms with van der Waals surface area (Å²) in [6.45, 7) is 14.4. The van der Waals surface area contributed by atoms with Crippen LogP contribution in [0.15, 0.2) is 123 Å². The van der Waals surface area contributed by atoms with Gasteiger partial charge in [0.2, 0.25) is 0 Å². The summed E-state index contributed by atoms with van der Waals surface area (Å²) in [5, 5.41) is 3.41. The molecule has 0 spiro atoms. The number of carbonyl (C=O) groups is 4. The summed E-state index contributed by atoms with van der Waals surface area (Å²) in [7, 11) is 0. The molecule has 0 radical (unpaired) electrons. The monoisotopic (exact) mass is 820 g/mol. The predicted octanol–water partition coefficient (Wildman–Crippen LogP) is 8.34. The summed E-state index contributed by atoms with van der Waals surface area (Å²) in [5.74, 6) is 10.8. The molecule has 0 atom stereocenters. The lowest BCUT2D eigenvalue weighted by molar-refractivity contribution is -0.141. The van der Waals surface area contributed by atoms with E-state index in [1.807, 2.05) is 74.5 Å². The van der Waals surface area contributed by atoms with Gasteiger partial charge in [0.05, 0.1) is 13.2 Å². The molecule has 1 aliphatic heterocycles. The third-order valence-electron chi connectivity index (χ3n) is 8.81. The van der Waals surface area contributed by atoms with Crippen molar-refractivity contribution < 1.29 is 52.3 Å². The Bertz CT molecular complexity index is 2430. The molecule has 0 aromatic heterocycles. The molecule has 1 heterocycles. The number of hydrogen-bond acceptors (Lipinski definition) is 11. The molecular weight excluding hydrogens is 777 g/mol. The Hall–Kier alpha value is -7.76. The van der Waals surface area contributed by atoms with E-state index in [-0.39, 0.29) is 33.0 Å². The van der Waals surface area contributed by atoms with Gasteiger partial charge in [0.15, 0.2) is 13.2 Å². The summed E-state index contributed by atoms with van der Waals surface area (Å²) in [6.07, 6.45) is 3.76. The number of esters is 4. The second-order valence-corrected chi connectivity index (χ2v) is 12.8. The average molecular weight is 821 g/mol. The molecule has 5 aromatic carbocycles. The van der Waals surface area contributed by atoms with Crippen molar-refractivity contribution in [3.63, 3.8) is 0 Å². The summed E-state index contributed by atoms with van der Waals surface area (Å²) in [5.41, 5.74) is 2.92. The molecule has 0 aliphatic carbocycles. The summed E-state index contributed by atoms with van der Waals surface area (Å²) < 4.78 is 39.3. The number of hydrogen-bond donors (Lipinski definition) is 0. The number of benzene rings is 5. The number of fused-ring (bicyclic) bond motifs is 7. The van der Waals surface area contributed by atoms with Crippen LogP contribution < -0.4 is 18.9 Å². The van der Waals surface area contributed by atoms with Gasteiger partial charge < -0.3 is 33.2 Å². The highest BCUT2D eigenvalue weighted by molar-refractivity contribution is 6.10. The number of carbonyl (C=O) groups excluding carboxylic acids is 4. The van der Waals surface area contributed by atoms with Crippen LogP contribution in [-0.4, -0.2) is 63.5 Å². The van der Waals surface area contributed by atoms with Crippen molar-refractivity contribution in [1.82, 2.24) is 0 Å². The van der Waals surface area contributed by atoms with Gasteiger partial charge in [0, 0.05) is 46.9 Å². The molecule has 0 unspecified atom stereocenters. The minimum atomic E-state index is -0.810. The first kappa shape index (κ1) is 44.3. The maximum atomic E-state index is 13.6. The van der Waals surface area contributed by atoms with Crippen LogP contribution in [0.3, 0.4) is 0 Å². The second kappa shape index (κ2) is 22.4. The van der Waals surface area contributed by atoms with E-state index in [2.05, 4.69) is 43.4 Å². The van der Waals surface area contributed by atoms with E-state index in [0.717, 1.165) is 50.9 Å². The van der Waals surface area contributed by atoms with E-state index < -0.39 is 29.8 Å². The van der Waals surface area contributed by atoms with Crippen LogP contribution in [0.4, 0.5) is 0 Å². The lowest BCUT2D eigenvalue weighted by Gasteiger charge is -2.18. The highest BCUT2D eigenvalue weighted by Crippen LogP contribution is 2.46. The molecule has 6 rings (SSSR count). The molecule has 0 saturated heterocycles. The van der Waals surface area contributed by atoms with Crippen LogP contribution in [0, 0.1) is 29.6 Å². The van der Waals surface area contributed by atoms with Gasteiger partial charge in [0.1, 0.15) is 42.1 Å². The van der Waals surface area contributed by atoms with Gasteiger partial charge in [0.25, 0.3) is 0 Å². The quantitative estimate of drug-likeness (QED) is 0.0301. The lowest BCUT2D eigenvalue weighted by Crippen LogP contribution is -2.31. The van der Waals surface area contributed by atoms with Crippen LogP contribution >= 0.6 is 0 Å². The van der Waals surface area contributed by atoms with E-state index >= 15 is 0 Å². The Morgan fingerprint density at radius 3 is 1.59 bits per heavy atom. The highest BCUT2D eigenvalue weighted by atomic mass is 16.6. The normalized spacial score (nSPS) is 11.4. The number of ether oxygens (including phenoxy) is 7. The van der Waals surface area contributed by atoms with Gasteiger partial charge in [-0.2, -0.15) is 0 Å². The van der Waals surface area contributed by atoms with Crippen LogP contribution in [-0.2, 0) is 33.4 Å². The minimum absolute atomic E-state index is 0.0377. The first-order valence-corrected chi connectivity index (χ1v) is 19.5. The molecule has 0 fully saturated rings. The topological polar surface area (TPSA) is 133 Å². The first-order chi connectivity index (χ1) is 29.8. The van der Waals surface area contributed by atoms with Crippen molar-refractivity contribution >= 4 is 45.4 Å². The van der Waals surface area contributed by atoms with Gasteiger partial charge in [-0.1, -0.05) is 81.5 Å². The first-order valence-electron chi connectivity index (χ1n) is 19.5. The zero-order valence-corrected chi connectivity index (χ0v) is 34.0. The molecule has 5 aromatic rings. The summed E-state index contributed by atoms with van der Waals surface area (Å²) in [4.78, 5) is 47.7. The van der Waals surface area contributed by atoms with E-state index in [0.29, 0.717) is 47.2 Å². The van der Waals surface area contributed by atoms with Gasteiger partial charge in [-0.05, 0) is 82.2 Å². The van der Waals surface area contributed by atoms with Crippen molar-refractivity contribution in [2.45, 2.75) is 20.3 Å². The van der Waals surface area contributed by atoms with Crippen LogP contribution in [0.2, 0.25) is 0 Å². The van der Waals surface area contributed by atoms with Gasteiger partial charge >= 0.3 is 23.9 Å². The lowest BCUT2D eigenvalue weighted by atomic mass is 9.91. The van der Waals surface area contributed by atoms with Crippen molar-refractivity contribution in [2.24, 2.45) is 5.92 Å². The van der Waals surface area contributed by atoms with Crippen LogP contribution in [0.5, 0.6) is 23.0 Å². The Morgan fingerprint density at radius 1 is 0.623 bits per heavy atom. The summed E-state index contributed by atoms with van der Waals surface area (Å²) in [6, 6.07) is 25.6. The Morgan fingerprint density at radius 2 is 1.10 bits per heavy atom. The van der Waals surface area contributed by atoms with E-state index in [9.17, 15) is 19.2 Å². The minimum Gasteiger partial charge on any atom is -0.493 e. The fourth-order valence-corrected chi connectivity index (χ4v) is 5.99.